The van der Waals surface area contributed by atoms with Crippen LogP contribution in [0.2, 0.25) is 0 Å². The first-order valence-corrected chi connectivity index (χ1v) is 4.18. The lowest BCUT2D eigenvalue weighted by molar-refractivity contribution is 0.329. The van der Waals surface area contributed by atoms with E-state index in [1.54, 1.807) is 0 Å². The first-order chi connectivity index (χ1) is 5.24. The quantitative estimate of drug-likeness (QED) is 0.572. The van der Waals surface area contributed by atoms with Crippen molar-refractivity contribution in [2.24, 2.45) is 0 Å². The second-order valence-corrected chi connectivity index (χ2v) is 3.30. The van der Waals surface area contributed by atoms with Crippen molar-refractivity contribution in [3.05, 3.63) is 22.8 Å². The van der Waals surface area contributed by atoms with Crippen LogP contribution in [-0.2, 0) is 0 Å². The lowest BCUT2D eigenvalue weighted by Gasteiger charge is -2.14. The van der Waals surface area contributed by atoms with Gasteiger partial charge in [-0.05, 0) is 38.7 Å². The molecular weight excluding hydrogens is 136 g/mol. The Morgan fingerprint density at radius 1 is 1.55 bits per heavy atom. The number of hydrogen-bond donors (Lipinski definition) is 1. The Bertz CT molecular complexity index is 199. The summed E-state index contributed by atoms with van der Waals surface area (Å²) < 4.78 is 0. The third-order valence-corrected chi connectivity index (χ3v) is 2.36. The van der Waals surface area contributed by atoms with Crippen LogP contribution in [0.5, 0.6) is 0 Å². The summed E-state index contributed by atoms with van der Waals surface area (Å²) in [5.74, 6) is 0. The van der Waals surface area contributed by atoms with E-state index < -0.39 is 0 Å². The van der Waals surface area contributed by atoms with Crippen LogP contribution in [0.15, 0.2) is 22.8 Å². The molecule has 0 heterocycles. The summed E-state index contributed by atoms with van der Waals surface area (Å²) in [6, 6.07) is 0. The lowest BCUT2D eigenvalue weighted by Crippen LogP contribution is -1.98. The third-order valence-electron chi connectivity index (χ3n) is 2.36. The van der Waals surface area contributed by atoms with E-state index in [9.17, 15) is 0 Å². The summed E-state index contributed by atoms with van der Waals surface area (Å²) in [5.41, 5.74) is 4.08. The molecule has 0 aromatic rings. The van der Waals surface area contributed by atoms with Crippen LogP contribution in [0.1, 0.15) is 33.1 Å². The molecule has 62 valence electrons. The molecule has 11 heavy (non-hydrogen) atoms. The standard InChI is InChI=1S/C10H16O/c1-8-3-5-10(6-4-8)9(2)7-11/h3,11H,4-7H2,1-2H3/b10-9-. The van der Waals surface area contributed by atoms with Crippen LogP contribution in [0, 0.1) is 0 Å². The monoisotopic (exact) mass is 152 g/mol. The highest BCUT2D eigenvalue weighted by Gasteiger charge is 2.06. The molecule has 0 radical (unpaired) electrons. The van der Waals surface area contributed by atoms with Gasteiger partial charge in [0, 0.05) is 0 Å². The second kappa shape index (κ2) is 3.72. The van der Waals surface area contributed by atoms with E-state index in [4.69, 9.17) is 5.11 Å². The predicted octanol–water partition coefficient (Wildman–Crippen LogP) is 2.43. The molecule has 0 atom stereocenters. The predicted molar refractivity (Wildman–Crippen MR) is 47.4 cm³/mol. The topological polar surface area (TPSA) is 20.2 Å². The van der Waals surface area contributed by atoms with Gasteiger partial charge in [0.05, 0.1) is 6.61 Å². The molecule has 0 aliphatic heterocycles. The fourth-order valence-corrected chi connectivity index (χ4v) is 1.35. The van der Waals surface area contributed by atoms with Crippen LogP contribution < -0.4 is 0 Å². The van der Waals surface area contributed by atoms with Gasteiger partial charge < -0.3 is 5.11 Å². The molecule has 1 N–H and O–H groups in total. The third kappa shape index (κ3) is 2.19. The molecule has 0 aromatic carbocycles. The van der Waals surface area contributed by atoms with Gasteiger partial charge >= 0.3 is 0 Å². The van der Waals surface area contributed by atoms with Gasteiger partial charge in [-0.3, -0.25) is 0 Å². The van der Waals surface area contributed by atoms with E-state index in [0.29, 0.717) is 0 Å². The number of aliphatic hydroxyl groups is 1. The van der Waals surface area contributed by atoms with E-state index in [1.807, 2.05) is 6.92 Å². The Labute approximate surface area is 68.4 Å². The molecule has 0 bridgehead atoms. The average molecular weight is 152 g/mol. The van der Waals surface area contributed by atoms with E-state index >= 15 is 0 Å². The molecule has 0 fully saturated rings. The van der Waals surface area contributed by atoms with Crippen molar-refractivity contribution in [2.75, 3.05) is 6.61 Å². The fourth-order valence-electron chi connectivity index (χ4n) is 1.35. The van der Waals surface area contributed by atoms with E-state index in [1.165, 1.54) is 17.6 Å². The van der Waals surface area contributed by atoms with Crippen LogP contribution >= 0.6 is 0 Å². The highest BCUT2D eigenvalue weighted by atomic mass is 16.3. The smallest absolute Gasteiger partial charge is 0.0641 e. The zero-order valence-corrected chi connectivity index (χ0v) is 7.35. The highest BCUT2D eigenvalue weighted by molar-refractivity contribution is 5.22. The Kier molecular flexibility index (Phi) is 2.89. The molecule has 1 nitrogen and oxygen atoms in total. The van der Waals surface area contributed by atoms with Crippen molar-refractivity contribution < 1.29 is 5.11 Å². The highest BCUT2D eigenvalue weighted by Crippen LogP contribution is 2.24. The molecule has 0 aromatic heterocycles. The van der Waals surface area contributed by atoms with Gasteiger partial charge in [-0.1, -0.05) is 17.2 Å². The summed E-state index contributed by atoms with van der Waals surface area (Å²) >= 11 is 0. The van der Waals surface area contributed by atoms with Gasteiger partial charge in [0.15, 0.2) is 0 Å². The Balaban J connectivity index is 2.66. The van der Waals surface area contributed by atoms with Crippen molar-refractivity contribution in [2.45, 2.75) is 33.1 Å². The summed E-state index contributed by atoms with van der Waals surface area (Å²) in [5, 5.41) is 8.87. The van der Waals surface area contributed by atoms with Gasteiger partial charge in [0.25, 0.3) is 0 Å². The van der Waals surface area contributed by atoms with Crippen LogP contribution in [0.25, 0.3) is 0 Å². The van der Waals surface area contributed by atoms with Crippen molar-refractivity contribution in [1.82, 2.24) is 0 Å². The Hall–Kier alpha value is -0.560. The van der Waals surface area contributed by atoms with E-state index in [0.717, 1.165) is 18.4 Å². The molecule has 0 amide bonds. The van der Waals surface area contributed by atoms with Crippen molar-refractivity contribution in [3.63, 3.8) is 0 Å². The molecule has 1 aliphatic rings. The van der Waals surface area contributed by atoms with Crippen LogP contribution in [0.3, 0.4) is 0 Å². The normalized spacial score (nSPS) is 23.0. The van der Waals surface area contributed by atoms with Gasteiger partial charge in [-0.2, -0.15) is 0 Å². The zero-order valence-electron chi connectivity index (χ0n) is 7.35. The summed E-state index contributed by atoms with van der Waals surface area (Å²) in [7, 11) is 0. The molecule has 1 heteroatoms. The summed E-state index contributed by atoms with van der Waals surface area (Å²) in [6.45, 7) is 4.41. The molecular formula is C10H16O. The maximum atomic E-state index is 8.87. The molecule has 0 spiro atoms. The number of aliphatic hydroxyl groups excluding tert-OH is 1. The zero-order chi connectivity index (χ0) is 8.27. The first kappa shape index (κ1) is 8.54. The Morgan fingerprint density at radius 3 is 2.73 bits per heavy atom. The van der Waals surface area contributed by atoms with Gasteiger partial charge in [0.2, 0.25) is 0 Å². The molecule has 1 rings (SSSR count). The van der Waals surface area contributed by atoms with Gasteiger partial charge in [-0.25, -0.2) is 0 Å². The number of allylic oxidation sites excluding steroid dienone is 3. The summed E-state index contributed by atoms with van der Waals surface area (Å²) in [6.07, 6.45) is 5.64. The van der Waals surface area contributed by atoms with Crippen molar-refractivity contribution >= 4 is 0 Å². The minimum atomic E-state index is 0.224. The summed E-state index contributed by atoms with van der Waals surface area (Å²) in [4.78, 5) is 0. The van der Waals surface area contributed by atoms with E-state index in [-0.39, 0.29) is 6.61 Å². The van der Waals surface area contributed by atoms with E-state index in [2.05, 4.69) is 13.0 Å². The van der Waals surface area contributed by atoms with Crippen LogP contribution in [-0.4, -0.2) is 11.7 Å². The molecule has 0 unspecified atom stereocenters. The molecule has 0 saturated carbocycles. The second-order valence-electron chi connectivity index (χ2n) is 3.30. The Morgan fingerprint density at radius 2 is 2.27 bits per heavy atom. The average Bonchev–Trinajstić information content (AvgIpc) is 2.05. The first-order valence-electron chi connectivity index (χ1n) is 4.18. The minimum absolute atomic E-state index is 0.224. The SMILES string of the molecule is CC1=CC/C(=C(\C)CO)CC1. The maximum Gasteiger partial charge on any atom is 0.0641 e. The van der Waals surface area contributed by atoms with Gasteiger partial charge in [0.1, 0.15) is 0 Å². The molecule has 0 saturated heterocycles. The lowest BCUT2D eigenvalue weighted by atomic mass is 9.93. The number of hydrogen-bond acceptors (Lipinski definition) is 1. The maximum absolute atomic E-state index is 8.87. The minimum Gasteiger partial charge on any atom is -0.392 e. The largest absolute Gasteiger partial charge is 0.392 e. The van der Waals surface area contributed by atoms with Crippen molar-refractivity contribution in [1.29, 1.82) is 0 Å². The van der Waals surface area contributed by atoms with Crippen LogP contribution in [0.4, 0.5) is 0 Å². The molecule has 1 aliphatic carbocycles. The van der Waals surface area contributed by atoms with Gasteiger partial charge in [-0.15, -0.1) is 0 Å². The number of rotatable bonds is 1. The fraction of sp³-hybridized carbons (Fsp3) is 0.600. The van der Waals surface area contributed by atoms with Crippen molar-refractivity contribution in [3.8, 4) is 0 Å².